The van der Waals surface area contributed by atoms with E-state index in [1.54, 1.807) is 36.4 Å². The number of nitrogens with one attached hydrogen (secondary N) is 1. The summed E-state index contributed by atoms with van der Waals surface area (Å²) in [6, 6.07) is 23.2. The summed E-state index contributed by atoms with van der Waals surface area (Å²) in [5, 5.41) is 14.0. The molecule has 0 aromatic heterocycles. The van der Waals surface area contributed by atoms with E-state index in [0.717, 1.165) is 28.5 Å². The Bertz CT molecular complexity index is 1280. The van der Waals surface area contributed by atoms with Crippen molar-refractivity contribution in [2.24, 2.45) is 0 Å². The van der Waals surface area contributed by atoms with Crippen molar-refractivity contribution in [1.29, 1.82) is 0 Å². The lowest BCUT2D eigenvalue weighted by molar-refractivity contribution is -0.137. The lowest BCUT2D eigenvalue weighted by Crippen LogP contribution is -2.14. The van der Waals surface area contributed by atoms with Crippen LogP contribution in [0.5, 0.6) is 0 Å². The van der Waals surface area contributed by atoms with Gasteiger partial charge in [-0.1, -0.05) is 54.6 Å². The predicted molar refractivity (Wildman–Crippen MR) is 119 cm³/mol. The Hall–Kier alpha value is -3.64. The van der Waals surface area contributed by atoms with Crippen LogP contribution in [0.3, 0.4) is 0 Å². The molecule has 32 heavy (non-hydrogen) atoms. The van der Waals surface area contributed by atoms with Gasteiger partial charge in [0.1, 0.15) is 0 Å². The van der Waals surface area contributed by atoms with Gasteiger partial charge in [-0.15, -0.1) is 0 Å². The van der Waals surface area contributed by atoms with Crippen molar-refractivity contribution < 1.29 is 23.1 Å². The van der Waals surface area contributed by atoms with E-state index >= 15 is 0 Å². The number of hydrogen-bond donors (Lipinski definition) is 2. The zero-order valence-electron chi connectivity index (χ0n) is 17.0. The molecule has 0 aliphatic carbocycles. The van der Waals surface area contributed by atoms with E-state index in [4.69, 9.17) is 0 Å². The van der Waals surface area contributed by atoms with Crippen LogP contribution >= 0.6 is 0 Å². The monoisotopic (exact) mass is 435 g/mol. The maximum absolute atomic E-state index is 13.3. The molecule has 0 aliphatic rings. The fourth-order valence-electron chi connectivity index (χ4n) is 3.62. The summed E-state index contributed by atoms with van der Waals surface area (Å²) in [6.07, 6.45) is -4.33. The number of benzene rings is 4. The first-order valence-electron chi connectivity index (χ1n) is 10.0. The van der Waals surface area contributed by atoms with Crippen molar-refractivity contribution in [3.05, 3.63) is 113 Å². The highest BCUT2D eigenvalue weighted by Gasteiger charge is 2.31. The van der Waals surface area contributed by atoms with Crippen LogP contribution in [0, 0.1) is 0 Å². The number of aliphatic hydroxyl groups excluding tert-OH is 1. The van der Waals surface area contributed by atoms with Gasteiger partial charge in [0, 0.05) is 11.3 Å². The van der Waals surface area contributed by atoms with Gasteiger partial charge in [-0.05, 0) is 64.2 Å². The average molecular weight is 435 g/mol. The number of carbonyl (C=O) groups is 1. The Labute approximate surface area is 183 Å². The van der Waals surface area contributed by atoms with E-state index in [9.17, 15) is 23.1 Å². The summed E-state index contributed by atoms with van der Waals surface area (Å²) in [4.78, 5) is 12.9. The van der Waals surface area contributed by atoms with Crippen molar-refractivity contribution in [2.45, 2.75) is 19.2 Å². The number of aliphatic hydroxyl groups is 1. The summed E-state index contributed by atoms with van der Waals surface area (Å²) in [6.45, 7) is -0.165. The maximum Gasteiger partial charge on any atom is 0.416 e. The summed E-state index contributed by atoms with van der Waals surface area (Å²) < 4.78 is 39.9. The van der Waals surface area contributed by atoms with Crippen LogP contribution in [-0.4, -0.2) is 11.0 Å². The molecule has 0 fully saturated rings. The molecule has 0 spiro atoms. The smallest absolute Gasteiger partial charge is 0.392 e. The van der Waals surface area contributed by atoms with E-state index in [0.29, 0.717) is 22.4 Å². The molecule has 0 bridgehead atoms. The first-order valence-corrected chi connectivity index (χ1v) is 10.0. The molecule has 162 valence electrons. The average Bonchev–Trinajstić information content (AvgIpc) is 2.79. The fraction of sp³-hybridized carbons (Fsp3) is 0.115. The molecule has 4 aromatic rings. The number of rotatable bonds is 5. The van der Waals surface area contributed by atoms with E-state index < -0.39 is 17.6 Å². The van der Waals surface area contributed by atoms with Crippen LogP contribution in [0.1, 0.15) is 32.6 Å². The number of carbonyl (C=O) groups excluding carboxylic acids is 1. The summed E-state index contributed by atoms with van der Waals surface area (Å²) in [5.41, 5.74) is 1.68. The quantitative estimate of drug-likeness (QED) is 0.393. The zero-order valence-corrected chi connectivity index (χ0v) is 17.0. The molecule has 0 unspecified atom stereocenters. The third kappa shape index (κ3) is 4.81. The van der Waals surface area contributed by atoms with Crippen LogP contribution in [-0.2, 0) is 19.2 Å². The van der Waals surface area contributed by atoms with Gasteiger partial charge >= 0.3 is 6.18 Å². The Kier molecular flexibility index (Phi) is 5.97. The molecule has 0 radical (unpaired) electrons. The second-order valence-electron chi connectivity index (χ2n) is 7.54. The van der Waals surface area contributed by atoms with Crippen molar-refractivity contribution >= 4 is 22.4 Å². The lowest BCUT2D eigenvalue weighted by atomic mass is 9.99. The Morgan fingerprint density at radius 3 is 2.31 bits per heavy atom. The molecule has 0 atom stereocenters. The highest BCUT2D eigenvalue weighted by molar-refractivity contribution is 6.06. The second kappa shape index (κ2) is 8.85. The highest BCUT2D eigenvalue weighted by atomic mass is 19.4. The van der Waals surface area contributed by atoms with Crippen LogP contribution in [0.2, 0.25) is 0 Å². The number of alkyl halides is 3. The van der Waals surface area contributed by atoms with Gasteiger partial charge in [0.15, 0.2) is 0 Å². The van der Waals surface area contributed by atoms with Gasteiger partial charge in [0.25, 0.3) is 5.91 Å². The second-order valence-corrected chi connectivity index (χ2v) is 7.54. The molecule has 1 amide bonds. The first kappa shape index (κ1) is 21.6. The number of halogens is 3. The molecular weight excluding hydrogens is 415 g/mol. The molecule has 0 aliphatic heterocycles. The molecule has 4 aromatic carbocycles. The molecule has 0 saturated heterocycles. The molecular formula is C26H20F3NO2. The molecule has 6 heteroatoms. The maximum atomic E-state index is 13.3. The third-order valence-corrected chi connectivity index (χ3v) is 5.26. The van der Waals surface area contributed by atoms with Crippen molar-refractivity contribution in [2.75, 3.05) is 5.32 Å². The van der Waals surface area contributed by atoms with Gasteiger partial charge in [-0.2, -0.15) is 13.2 Å². The van der Waals surface area contributed by atoms with Crippen LogP contribution in [0.4, 0.5) is 18.9 Å². The number of amides is 1. The van der Waals surface area contributed by atoms with Crippen molar-refractivity contribution in [3.8, 4) is 0 Å². The Morgan fingerprint density at radius 1 is 0.812 bits per heavy atom. The van der Waals surface area contributed by atoms with Crippen LogP contribution < -0.4 is 5.32 Å². The number of anilines is 1. The zero-order chi connectivity index (χ0) is 22.7. The van der Waals surface area contributed by atoms with E-state index in [1.165, 1.54) is 6.07 Å². The topological polar surface area (TPSA) is 49.3 Å². The van der Waals surface area contributed by atoms with Crippen molar-refractivity contribution in [3.63, 3.8) is 0 Å². The summed E-state index contributed by atoms with van der Waals surface area (Å²) >= 11 is 0. The van der Waals surface area contributed by atoms with E-state index in [1.807, 2.05) is 30.3 Å². The Morgan fingerprint density at radius 2 is 1.56 bits per heavy atom. The predicted octanol–water partition coefficient (Wildman–Crippen LogP) is 6.19. The molecule has 4 rings (SSSR count). The summed E-state index contributed by atoms with van der Waals surface area (Å²) in [5.74, 6) is -0.402. The van der Waals surface area contributed by atoms with E-state index in [-0.39, 0.29) is 13.0 Å². The summed E-state index contributed by atoms with van der Waals surface area (Å²) in [7, 11) is 0. The number of hydrogen-bond acceptors (Lipinski definition) is 2. The normalized spacial score (nSPS) is 11.5. The van der Waals surface area contributed by atoms with Gasteiger partial charge in [-0.3, -0.25) is 4.79 Å². The van der Waals surface area contributed by atoms with E-state index in [2.05, 4.69) is 5.32 Å². The highest BCUT2D eigenvalue weighted by Crippen LogP contribution is 2.33. The minimum atomic E-state index is -4.50. The van der Waals surface area contributed by atoms with Gasteiger partial charge in [0.05, 0.1) is 12.2 Å². The van der Waals surface area contributed by atoms with Gasteiger partial charge in [0.2, 0.25) is 0 Å². The molecule has 2 N–H and O–H groups in total. The lowest BCUT2D eigenvalue weighted by Gasteiger charge is -2.15. The molecule has 0 saturated carbocycles. The minimum absolute atomic E-state index is 0.165. The third-order valence-electron chi connectivity index (χ3n) is 5.26. The molecule has 0 heterocycles. The molecule has 3 nitrogen and oxygen atoms in total. The van der Waals surface area contributed by atoms with Gasteiger partial charge in [-0.25, -0.2) is 0 Å². The first-order chi connectivity index (χ1) is 15.3. The number of fused-ring (bicyclic) bond motifs is 1. The van der Waals surface area contributed by atoms with Crippen LogP contribution in [0.15, 0.2) is 84.9 Å². The SMILES string of the molecule is O=C(Nc1ccc(C(F)(F)F)cc1Cc1cccc(CO)c1)c1ccc2ccccc2c1. The van der Waals surface area contributed by atoms with Crippen molar-refractivity contribution in [1.82, 2.24) is 0 Å². The Balaban J connectivity index is 1.67. The standard InChI is InChI=1S/C26H20F3NO2/c27-26(28,29)23-10-11-24(22(15-23)13-17-4-3-5-18(12-17)16-31)30-25(32)21-9-8-19-6-1-2-7-20(19)14-21/h1-12,14-15,31H,13,16H2,(H,30,32). The minimum Gasteiger partial charge on any atom is -0.392 e. The fourth-order valence-corrected chi connectivity index (χ4v) is 3.62. The van der Waals surface area contributed by atoms with Gasteiger partial charge < -0.3 is 10.4 Å². The largest absolute Gasteiger partial charge is 0.416 e. The van der Waals surface area contributed by atoms with Crippen LogP contribution in [0.25, 0.3) is 10.8 Å².